The largest absolute Gasteiger partial charge is 0.409 e. The average molecular weight is 693 g/mol. The van der Waals surface area contributed by atoms with E-state index in [4.69, 9.17) is 19.1 Å². The van der Waals surface area contributed by atoms with E-state index in [9.17, 15) is 18.3 Å². The third kappa shape index (κ3) is 6.14. The number of benzene rings is 1. The van der Waals surface area contributed by atoms with Gasteiger partial charge in [-0.3, -0.25) is 13.5 Å². The van der Waals surface area contributed by atoms with Gasteiger partial charge in [-0.15, -0.1) is 0 Å². The number of ether oxygens (including phenoxy) is 1. The predicted octanol–water partition coefficient (Wildman–Crippen LogP) is 3.35. The standard InChI is InChI=1S/C30H38F2N6O7SSi/c1-17-21(44-27(24(17)45-47(6,7)28(3,4)5)38-16-36-23-25(33)34-15-35-26(23)38)14-43-46(41,42)37-22(39)12-13-29(40)20-11-9-8-10-19(20)18(2)30(29,31)32/h8-11,15-18,21,24,27,40H,14H2,1-7H3,(H,37,39)(H2,33,34,35)/t17-,18+,21-,24?,27-,29-/m1/s1. The summed E-state index contributed by atoms with van der Waals surface area (Å²) in [5.41, 5.74) is 3.75. The van der Waals surface area contributed by atoms with Crippen molar-refractivity contribution in [2.75, 3.05) is 12.3 Å². The number of carbonyl (C=O) groups excluding carboxylic acids is 1. The van der Waals surface area contributed by atoms with Crippen molar-refractivity contribution < 1.29 is 40.4 Å². The number of nitrogens with one attached hydrogen (secondary N) is 1. The van der Waals surface area contributed by atoms with E-state index in [2.05, 4.69) is 48.8 Å². The number of hydrogen-bond donors (Lipinski definition) is 3. The van der Waals surface area contributed by atoms with Gasteiger partial charge in [-0.05, 0) is 35.5 Å². The lowest BCUT2D eigenvalue weighted by Gasteiger charge is -2.40. The van der Waals surface area contributed by atoms with E-state index in [1.807, 2.05) is 12.8 Å². The van der Waals surface area contributed by atoms with Crippen LogP contribution in [0, 0.1) is 17.8 Å². The smallest absolute Gasteiger partial charge is 0.363 e. The van der Waals surface area contributed by atoms with Crippen LogP contribution >= 0.6 is 0 Å². The molecular weight excluding hydrogens is 655 g/mol. The summed E-state index contributed by atoms with van der Waals surface area (Å²) in [7, 11) is -7.18. The summed E-state index contributed by atoms with van der Waals surface area (Å²) in [6.45, 7) is 12.9. The molecule has 0 radical (unpaired) electrons. The lowest BCUT2D eigenvalue weighted by atomic mass is 9.92. The Morgan fingerprint density at radius 3 is 2.57 bits per heavy atom. The number of fused-ring (bicyclic) bond motifs is 2. The highest BCUT2D eigenvalue weighted by Gasteiger charge is 2.63. The molecule has 6 atom stereocenters. The molecule has 3 aromatic rings. The van der Waals surface area contributed by atoms with Crippen molar-refractivity contribution in [3.05, 3.63) is 48.0 Å². The Morgan fingerprint density at radius 1 is 1.21 bits per heavy atom. The molecule has 0 saturated carbocycles. The first-order valence-corrected chi connectivity index (χ1v) is 19.2. The van der Waals surface area contributed by atoms with Gasteiger partial charge >= 0.3 is 16.2 Å². The van der Waals surface area contributed by atoms with Crippen LogP contribution in [-0.2, 0) is 34.0 Å². The predicted molar refractivity (Wildman–Crippen MR) is 169 cm³/mol. The number of alkyl halides is 2. The Morgan fingerprint density at radius 2 is 1.89 bits per heavy atom. The fraction of sp³-hybridized carbons (Fsp3) is 0.533. The molecule has 4 N–H and O–H groups in total. The summed E-state index contributed by atoms with van der Waals surface area (Å²) in [6, 6.07) is 5.71. The molecule has 1 saturated heterocycles. The number of nitrogens with two attached hydrogens (primary N) is 1. The number of carbonyl (C=O) groups is 1. The minimum atomic E-state index is -4.78. The van der Waals surface area contributed by atoms with Gasteiger partial charge in [0.2, 0.25) is 5.60 Å². The topological polar surface area (TPSA) is 181 Å². The Bertz CT molecular complexity index is 1870. The molecule has 1 unspecified atom stereocenters. The van der Waals surface area contributed by atoms with Crippen LogP contribution in [0.15, 0.2) is 36.9 Å². The fourth-order valence-electron chi connectivity index (χ4n) is 5.52. The minimum absolute atomic E-state index is 0.159. The first-order chi connectivity index (χ1) is 21.7. The van der Waals surface area contributed by atoms with Crippen LogP contribution in [0.5, 0.6) is 0 Å². The van der Waals surface area contributed by atoms with E-state index < -0.39 is 72.9 Å². The molecule has 47 heavy (non-hydrogen) atoms. The average Bonchev–Trinajstić information content (AvgIpc) is 3.58. The van der Waals surface area contributed by atoms with Crippen LogP contribution in [0.2, 0.25) is 18.1 Å². The quantitative estimate of drug-likeness (QED) is 0.244. The van der Waals surface area contributed by atoms with Gasteiger partial charge < -0.3 is 20.0 Å². The minimum Gasteiger partial charge on any atom is -0.409 e. The number of rotatable bonds is 7. The van der Waals surface area contributed by atoms with E-state index in [1.165, 1.54) is 37.8 Å². The van der Waals surface area contributed by atoms with Crippen LogP contribution < -0.4 is 10.5 Å². The number of nitrogen functional groups attached to an aromatic ring is 1. The van der Waals surface area contributed by atoms with Crippen molar-refractivity contribution in [3.8, 4) is 11.8 Å². The summed E-state index contributed by atoms with van der Waals surface area (Å²) < 4.78 is 77.1. The van der Waals surface area contributed by atoms with Crippen molar-refractivity contribution in [3.63, 3.8) is 0 Å². The molecule has 2 aromatic heterocycles. The molecule has 1 amide bonds. The summed E-state index contributed by atoms with van der Waals surface area (Å²) >= 11 is 0. The molecule has 0 spiro atoms. The molecule has 254 valence electrons. The summed E-state index contributed by atoms with van der Waals surface area (Å²) in [5.74, 6) is -3.14. The molecule has 1 aliphatic carbocycles. The fourth-order valence-corrected chi connectivity index (χ4v) is 7.54. The molecule has 1 aromatic carbocycles. The number of imidazole rings is 1. The highest BCUT2D eigenvalue weighted by Crippen LogP contribution is 2.54. The lowest BCUT2D eigenvalue weighted by molar-refractivity contribution is -0.153. The number of aliphatic hydroxyl groups is 1. The van der Waals surface area contributed by atoms with Gasteiger partial charge in [0, 0.05) is 17.4 Å². The van der Waals surface area contributed by atoms with Crippen LogP contribution in [0.1, 0.15) is 57.9 Å². The van der Waals surface area contributed by atoms with E-state index in [0.717, 1.165) is 0 Å². The van der Waals surface area contributed by atoms with Gasteiger partial charge in [0.05, 0.1) is 25.1 Å². The number of hydrogen-bond acceptors (Lipinski definition) is 11. The lowest BCUT2D eigenvalue weighted by Crippen LogP contribution is -2.47. The molecule has 1 aliphatic heterocycles. The Kier molecular flexibility index (Phi) is 8.78. The van der Waals surface area contributed by atoms with Gasteiger partial charge in [-0.1, -0.05) is 58.9 Å². The van der Waals surface area contributed by atoms with Crippen LogP contribution in [0.3, 0.4) is 0 Å². The molecule has 5 rings (SSSR count). The summed E-state index contributed by atoms with van der Waals surface area (Å²) in [4.78, 5) is 25.1. The maximum Gasteiger partial charge on any atom is 0.363 e. The normalized spacial score (nSPS) is 27.3. The second-order valence-corrected chi connectivity index (χ2v) is 19.5. The number of amides is 1. The van der Waals surface area contributed by atoms with Crippen LogP contribution in [0.4, 0.5) is 14.6 Å². The first kappa shape index (κ1) is 34.8. The van der Waals surface area contributed by atoms with E-state index in [1.54, 1.807) is 21.3 Å². The van der Waals surface area contributed by atoms with Crippen molar-refractivity contribution in [1.29, 1.82) is 0 Å². The monoisotopic (exact) mass is 692 g/mol. The summed E-state index contributed by atoms with van der Waals surface area (Å²) in [5, 5.41) is 10.7. The third-order valence-electron chi connectivity index (χ3n) is 9.40. The van der Waals surface area contributed by atoms with Crippen LogP contribution in [-0.4, -0.2) is 72.0 Å². The maximum absolute atomic E-state index is 15.1. The van der Waals surface area contributed by atoms with Gasteiger partial charge in [0.1, 0.15) is 11.8 Å². The van der Waals surface area contributed by atoms with E-state index in [-0.39, 0.29) is 22.0 Å². The third-order valence-corrected chi connectivity index (χ3v) is 14.8. The summed E-state index contributed by atoms with van der Waals surface area (Å²) in [6.07, 6.45) is 0.562. The van der Waals surface area contributed by atoms with Gasteiger partial charge in [0.25, 0.3) is 5.92 Å². The second kappa shape index (κ2) is 11.9. The van der Waals surface area contributed by atoms with Crippen molar-refractivity contribution >= 4 is 41.5 Å². The second-order valence-electron chi connectivity index (χ2n) is 13.4. The Balaban J connectivity index is 1.33. The zero-order valence-corrected chi connectivity index (χ0v) is 28.8. The highest BCUT2D eigenvalue weighted by atomic mass is 32.2. The first-order valence-electron chi connectivity index (χ1n) is 14.9. The number of halogens is 2. The van der Waals surface area contributed by atoms with Crippen molar-refractivity contribution in [1.82, 2.24) is 24.2 Å². The zero-order chi connectivity index (χ0) is 34.7. The van der Waals surface area contributed by atoms with Gasteiger partial charge in [-0.2, -0.15) is 8.42 Å². The molecule has 17 heteroatoms. The van der Waals surface area contributed by atoms with Crippen LogP contribution in [0.25, 0.3) is 11.2 Å². The SMILES string of the molecule is C[C@H]1C(O[Si](C)(C)C(C)(C)C)[C@H](n2cnc3c(N)ncnc32)O[C@@H]1COS(=O)(=O)NC(=O)C#C[C@@]1(O)c2ccccc2[C@H](C)C1(F)F. The maximum atomic E-state index is 15.1. The molecule has 2 aliphatic rings. The van der Waals surface area contributed by atoms with Gasteiger partial charge in [0.15, 0.2) is 26.0 Å². The molecular formula is C30H38F2N6O7SSi. The Labute approximate surface area is 272 Å². The van der Waals surface area contributed by atoms with E-state index in [0.29, 0.717) is 11.2 Å². The molecule has 3 heterocycles. The highest BCUT2D eigenvalue weighted by molar-refractivity contribution is 7.85. The molecule has 1 fully saturated rings. The number of anilines is 1. The Hall–Kier alpha value is -3.53. The molecule has 0 bridgehead atoms. The zero-order valence-electron chi connectivity index (χ0n) is 27.0. The number of aromatic nitrogens is 4. The van der Waals surface area contributed by atoms with Crippen molar-refractivity contribution in [2.24, 2.45) is 5.92 Å². The number of nitrogens with zero attached hydrogens (tertiary/aromatic N) is 4. The van der Waals surface area contributed by atoms with E-state index >= 15 is 8.78 Å². The van der Waals surface area contributed by atoms with Gasteiger partial charge in [-0.25, -0.2) is 28.5 Å². The molecule has 13 nitrogen and oxygen atoms in total. The van der Waals surface area contributed by atoms with Crippen molar-refractivity contribution in [2.45, 2.75) is 88.6 Å².